The number of carbonyl (C=O) groups excluding carboxylic acids is 1. The molecule has 0 aliphatic carbocycles. The Labute approximate surface area is 202 Å². The maximum Gasteiger partial charge on any atom is 0.253 e. The minimum absolute atomic E-state index is 0.109. The van der Waals surface area contributed by atoms with Gasteiger partial charge in [-0.3, -0.25) is 9.69 Å². The molecule has 0 bridgehead atoms. The van der Waals surface area contributed by atoms with Crippen LogP contribution in [0.15, 0.2) is 47.4 Å². The van der Waals surface area contributed by atoms with Crippen molar-refractivity contribution in [1.29, 1.82) is 0 Å². The molecule has 0 unspecified atom stereocenters. The van der Waals surface area contributed by atoms with Gasteiger partial charge in [0.2, 0.25) is 10.0 Å². The number of hydrogen-bond acceptors (Lipinski definition) is 4. The summed E-state index contributed by atoms with van der Waals surface area (Å²) >= 11 is 6.26. The van der Waals surface area contributed by atoms with Crippen molar-refractivity contribution in [2.24, 2.45) is 5.92 Å². The summed E-state index contributed by atoms with van der Waals surface area (Å²) in [6.07, 6.45) is 4.23. The van der Waals surface area contributed by atoms with Crippen LogP contribution in [0.3, 0.4) is 0 Å². The molecule has 0 spiro atoms. The second-order valence-electron chi connectivity index (χ2n) is 9.21. The zero-order valence-corrected chi connectivity index (χ0v) is 20.7. The number of nitrogens with one attached hydrogen (secondary N) is 1. The number of nitrogens with zero attached hydrogens (tertiary/aromatic N) is 2. The van der Waals surface area contributed by atoms with Crippen LogP contribution in [0.1, 0.15) is 54.1 Å². The van der Waals surface area contributed by atoms with Crippen LogP contribution in [0.4, 0.5) is 0 Å². The maximum absolute atomic E-state index is 13.1. The number of amides is 1. The van der Waals surface area contributed by atoms with Gasteiger partial charge in [-0.1, -0.05) is 42.8 Å². The molecule has 2 saturated heterocycles. The van der Waals surface area contributed by atoms with Gasteiger partial charge in [-0.2, -0.15) is 4.31 Å². The van der Waals surface area contributed by atoms with Crippen LogP contribution in [0, 0.1) is 5.92 Å². The molecule has 4 rings (SSSR count). The van der Waals surface area contributed by atoms with Crippen molar-refractivity contribution < 1.29 is 13.2 Å². The summed E-state index contributed by atoms with van der Waals surface area (Å²) in [7, 11) is -3.65. The molecule has 0 aromatic heterocycles. The lowest BCUT2D eigenvalue weighted by Crippen LogP contribution is -2.38. The van der Waals surface area contributed by atoms with Crippen LogP contribution in [-0.2, 0) is 23.1 Å². The second kappa shape index (κ2) is 10.6. The van der Waals surface area contributed by atoms with Gasteiger partial charge in [-0.05, 0) is 74.0 Å². The van der Waals surface area contributed by atoms with Crippen molar-refractivity contribution in [3.05, 3.63) is 64.2 Å². The van der Waals surface area contributed by atoms with Gasteiger partial charge in [0, 0.05) is 26.2 Å². The van der Waals surface area contributed by atoms with Crippen LogP contribution in [0.25, 0.3) is 0 Å². The lowest BCUT2D eigenvalue weighted by atomic mass is 10.0. The van der Waals surface area contributed by atoms with E-state index in [4.69, 9.17) is 11.6 Å². The smallest absolute Gasteiger partial charge is 0.253 e. The number of piperidine rings is 1. The Kier molecular flexibility index (Phi) is 7.74. The van der Waals surface area contributed by atoms with Gasteiger partial charge >= 0.3 is 0 Å². The van der Waals surface area contributed by atoms with Crippen LogP contribution in [0.2, 0.25) is 5.02 Å². The van der Waals surface area contributed by atoms with E-state index in [-0.39, 0.29) is 21.4 Å². The van der Waals surface area contributed by atoms with Crippen LogP contribution in [0.5, 0.6) is 0 Å². The highest BCUT2D eigenvalue weighted by Gasteiger charge is 2.29. The fourth-order valence-electron chi connectivity index (χ4n) is 4.45. The Bertz CT molecular complexity index is 1070. The number of hydrogen-bond donors (Lipinski definition) is 1. The molecule has 2 aliphatic heterocycles. The zero-order valence-electron chi connectivity index (χ0n) is 19.1. The third-order valence-corrected chi connectivity index (χ3v) is 8.87. The van der Waals surface area contributed by atoms with Gasteiger partial charge in [0.1, 0.15) is 0 Å². The summed E-state index contributed by atoms with van der Waals surface area (Å²) in [4.78, 5) is 15.4. The lowest BCUT2D eigenvalue weighted by Gasteiger charge is -2.29. The molecule has 33 heavy (non-hydrogen) atoms. The largest absolute Gasteiger partial charge is 0.348 e. The van der Waals surface area contributed by atoms with E-state index in [0.29, 0.717) is 25.6 Å². The monoisotopic (exact) mass is 489 g/mol. The average Bonchev–Trinajstić information content (AvgIpc) is 3.32. The molecular weight excluding hydrogens is 458 g/mol. The fraction of sp³-hybridized carbons (Fsp3) is 0.480. The first-order valence-electron chi connectivity index (χ1n) is 11.7. The predicted molar refractivity (Wildman–Crippen MR) is 131 cm³/mol. The zero-order chi connectivity index (χ0) is 23.4. The molecule has 0 radical (unpaired) electrons. The molecule has 1 amide bonds. The SMILES string of the molecule is CC1CCN(S(=O)(=O)c2ccc(Cl)c(C(=O)NCc3ccc(CN4CCCC4)cc3)c2)CC1. The number of rotatable bonds is 7. The van der Waals surface area contributed by atoms with E-state index in [1.165, 1.54) is 40.9 Å². The predicted octanol–water partition coefficient (Wildman–Crippen LogP) is 4.29. The molecule has 8 heteroatoms. The number of likely N-dealkylation sites (tertiary alicyclic amines) is 1. The molecule has 2 aromatic carbocycles. The maximum atomic E-state index is 13.1. The van der Waals surface area contributed by atoms with E-state index < -0.39 is 10.0 Å². The van der Waals surface area contributed by atoms with Gasteiger partial charge in [-0.25, -0.2) is 8.42 Å². The molecule has 1 N–H and O–H groups in total. The van der Waals surface area contributed by atoms with Gasteiger partial charge < -0.3 is 5.32 Å². The molecule has 0 atom stereocenters. The van der Waals surface area contributed by atoms with E-state index in [2.05, 4.69) is 29.3 Å². The number of sulfonamides is 1. The molecule has 2 aliphatic rings. The fourth-order valence-corrected chi connectivity index (χ4v) is 6.15. The summed E-state index contributed by atoms with van der Waals surface area (Å²) in [5.74, 6) is 0.141. The Morgan fingerprint density at radius 3 is 2.30 bits per heavy atom. The van der Waals surface area contributed by atoms with Crippen molar-refractivity contribution >= 4 is 27.5 Å². The van der Waals surface area contributed by atoms with E-state index in [9.17, 15) is 13.2 Å². The number of carbonyl (C=O) groups is 1. The van der Waals surface area contributed by atoms with Crippen molar-refractivity contribution in [1.82, 2.24) is 14.5 Å². The third-order valence-electron chi connectivity index (χ3n) is 6.64. The standard InChI is InChI=1S/C25H32ClN3O3S/c1-19-10-14-29(15-11-19)33(31,32)22-8-9-24(26)23(16-22)25(30)27-17-20-4-6-21(7-5-20)18-28-12-2-3-13-28/h4-9,16,19H,2-3,10-15,17-18H2,1H3,(H,27,30). The van der Waals surface area contributed by atoms with Gasteiger partial charge in [-0.15, -0.1) is 0 Å². The van der Waals surface area contributed by atoms with Gasteiger partial charge in [0.25, 0.3) is 5.91 Å². The highest BCUT2D eigenvalue weighted by Crippen LogP contribution is 2.26. The Morgan fingerprint density at radius 1 is 1.00 bits per heavy atom. The number of benzene rings is 2. The third kappa shape index (κ3) is 5.96. The van der Waals surface area contributed by atoms with E-state index in [0.717, 1.165) is 38.0 Å². The lowest BCUT2D eigenvalue weighted by molar-refractivity contribution is 0.0951. The molecule has 2 aromatic rings. The minimum Gasteiger partial charge on any atom is -0.348 e. The summed E-state index contributed by atoms with van der Waals surface area (Å²) in [6, 6.07) is 12.6. The molecule has 178 valence electrons. The second-order valence-corrected chi connectivity index (χ2v) is 11.6. The average molecular weight is 490 g/mol. The molecular formula is C25H32ClN3O3S. The van der Waals surface area contributed by atoms with Crippen LogP contribution in [-0.4, -0.2) is 49.7 Å². The first kappa shape index (κ1) is 24.2. The van der Waals surface area contributed by atoms with Gasteiger partial charge in [0.05, 0.1) is 15.5 Å². The number of halogens is 1. The molecule has 6 nitrogen and oxygen atoms in total. The Hall–Kier alpha value is -1.93. The van der Waals surface area contributed by atoms with E-state index in [1.807, 2.05) is 12.1 Å². The van der Waals surface area contributed by atoms with E-state index in [1.54, 1.807) is 0 Å². The molecule has 0 saturated carbocycles. The minimum atomic E-state index is -3.65. The van der Waals surface area contributed by atoms with Gasteiger partial charge in [0.15, 0.2) is 0 Å². The topological polar surface area (TPSA) is 69.7 Å². The van der Waals surface area contributed by atoms with E-state index >= 15 is 0 Å². The first-order valence-corrected chi connectivity index (χ1v) is 13.5. The highest BCUT2D eigenvalue weighted by atomic mass is 35.5. The first-order chi connectivity index (χ1) is 15.8. The summed E-state index contributed by atoms with van der Waals surface area (Å²) in [6.45, 7) is 6.76. The summed E-state index contributed by atoms with van der Waals surface area (Å²) < 4.78 is 27.6. The van der Waals surface area contributed by atoms with Crippen molar-refractivity contribution in [2.75, 3.05) is 26.2 Å². The molecule has 2 heterocycles. The van der Waals surface area contributed by atoms with Crippen molar-refractivity contribution in [3.8, 4) is 0 Å². The summed E-state index contributed by atoms with van der Waals surface area (Å²) in [5.41, 5.74) is 2.42. The highest BCUT2D eigenvalue weighted by molar-refractivity contribution is 7.89. The van der Waals surface area contributed by atoms with Crippen LogP contribution >= 0.6 is 11.6 Å². The normalized spacial score (nSPS) is 18.5. The Balaban J connectivity index is 1.39. The van der Waals surface area contributed by atoms with Crippen LogP contribution < -0.4 is 5.32 Å². The van der Waals surface area contributed by atoms with Crippen molar-refractivity contribution in [2.45, 2.75) is 50.6 Å². The molecule has 2 fully saturated rings. The quantitative estimate of drug-likeness (QED) is 0.630. The Morgan fingerprint density at radius 2 is 1.64 bits per heavy atom. The summed E-state index contributed by atoms with van der Waals surface area (Å²) in [5, 5.41) is 3.11. The van der Waals surface area contributed by atoms with Crippen molar-refractivity contribution in [3.63, 3.8) is 0 Å².